The molecule has 2 aromatic carbocycles. The zero-order valence-corrected chi connectivity index (χ0v) is 17.9. The Morgan fingerprint density at radius 2 is 1.94 bits per heavy atom. The molecule has 154 valence electrons. The number of nitrogens with zero attached hydrogens (tertiary/aromatic N) is 2. The molecule has 2 aromatic heterocycles. The summed E-state index contributed by atoms with van der Waals surface area (Å²) in [6.07, 6.45) is 1.46. The average Bonchev–Trinajstić information content (AvgIpc) is 3.47. The lowest BCUT2D eigenvalue weighted by atomic mass is 9.99. The third-order valence-electron chi connectivity index (χ3n) is 5.23. The number of fused-ring (bicyclic) bond motifs is 1. The Morgan fingerprint density at radius 1 is 1.16 bits per heavy atom. The number of aromatic amines is 1. The topological polar surface area (TPSA) is 99.4 Å². The van der Waals surface area contributed by atoms with Crippen molar-refractivity contribution in [2.75, 3.05) is 4.90 Å². The van der Waals surface area contributed by atoms with Gasteiger partial charge in [0.25, 0.3) is 5.78 Å². The van der Waals surface area contributed by atoms with Gasteiger partial charge >= 0.3 is 5.91 Å². The maximum Gasteiger partial charge on any atom is 0.302 e. The van der Waals surface area contributed by atoms with Crippen molar-refractivity contribution in [2.45, 2.75) is 13.0 Å². The van der Waals surface area contributed by atoms with E-state index in [4.69, 9.17) is 4.42 Å². The first-order valence-corrected chi connectivity index (χ1v) is 10.3. The van der Waals surface area contributed by atoms with Gasteiger partial charge in [0.2, 0.25) is 5.95 Å². The van der Waals surface area contributed by atoms with Gasteiger partial charge in [-0.25, -0.2) is 4.98 Å². The fourth-order valence-corrected chi connectivity index (χ4v) is 4.02. The Balaban J connectivity index is 1.71. The smallest absolute Gasteiger partial charge is 0.302 e. The summed E-state index contributed by atoms with van der Waals surface area (Å²) in [5.41, 5.74) is 2.79. The van der Waals surface area contributed by atoms with Crippen molar-refractivity contribution in [3.63, 3.8) is 0 Å². The van der Waals surface area contributed by atoms with Crippen LogP contribution in [0.3, 0.4) is 0 Å². The Morgan fingerprint density at radius 3 is 2.65 bits per heavy atom. The van der Waals surface area contributed by atoms with E-state index in [0.29, 0.717) is 16.8 Å². The van der Waals surface area contributed by atoms with Crippen molar-refractivity contribution < 1.29 is 19.1 Å². The van der Waals surface area contributed by atoms with E-state index in [1.807, 2.05) is 25.1 Å². The minimum atomic E-state index is -0.958. The fraction of sp³-hybridized carbons (Fsp3) is 0.0870. The number of benzene rings is 2. The van der Waals surface area contributed by atoms with Crippen LogP contribution in [0.15, 0.2) is 75.3 Å². The highest BCUT2D eigenvalue weighted by Gasteiger charge is 2.49. The lowest BCUT2D eigenvalue weighted by molar-refractivity contribution is -0.132. The Kier molecular flexibility index (Phi) is 4.51. The fourth-order valence-electron chi connectivity index (χ4n) is 3.75. The van der Waals surface area contributed by atoms with Gasteiger partial charge < -0.3 is 14.5 Å². The first-order chi connectivity index (χ1) is 14.9. The van der Waals surface area contributed by atoms with Crippen molar-refractivity contribution in [1.29, 1.82) is 0 Å². The molecule has 1 saturated heterocycles. The number of hydrogen-bond donors (Lipinski definition) is 2. The van der Waals surface area contributed by atoms with Crippen LogP contribution < -0.4 is 4.90 Å². The summed E-state index contributed by atoms with van der Waals surface area (Å²) in [5.74, 6) is -1.33. The molecular weight excluding hydrogens is 462 g/mol. The summed E-state index contributed by atoms with van der Waals surface area (Å²) in [6, 6.07) is 14.8. The molecule has 1 fully saturated rings. The van der Waals surface area contributed by atoms with Crippen LogP contribution in [0.25, 0.3) is 16.8 Å². The number of H-pyrrole nitrogens is 1. The molecule has 0 radical (unpaired) electrons. The first-order valence-electron chi connectivity index (χ1n) is 9.51. The van der Waals surface area contributed by atoms with Crippen LogP contribution in [0.5, 0.6) is 0 Å². The van der Waals surface area contributed by atoms with Gasteiger partial charge in [-0.1, -0.05) is 34.1 Å². The second-order valence-corrected chi connectivity index (χ2v) is 8.19. The zero-order valence-electron chi connectivity index (χ0n) is 16.3. The van der Waals surface area contributed by atoms with Crippen molar-refractivity contribution in [2.24, 2.45) is 0 Å². The van der Waals surface area contributed by atoms with Gasteiger partial charge in [0.15, 0.2) is 0 Å². The average molecular weight is 478 g/mol. The molecule has 1 amide bonds. The number of carbonyl (C=O) groups is 2. The zero-order chi connectivity index (χ0) is 21.7. The van der Waals surface area contributed by atoms with Crippen LogP contribution in [-0.4, -0.2) is 26.8 Å². The Hall–Kier alpha value is -3.65. The number of Topliss-reactive ketones (excluding diaryl/α,β-unsaturated/α-hetero) is 1. The lowest BCUT2D eigenvalue weighted by Crippen LogP contribution is -2.30. The normalized spacial score (nSPS) is 18.3. The number of hydrogen-bond acceptors (Lipinski definition) is 5. The number of halogens is 1. The number of aromatic nitrogens is 2. The molecule has 1 unspecified atom stereocenters. The van der Waals surface area contributed by atoms with Crippen LogP contribution in [0.1, 0.15) is 22.9 Å². The standard InChI is InChI=1S/C23H16BrN3O4/c1-12-4-9-15-16(11-12)26-23(25-15)27-19(17-3-2-10-31-17)18(21(29)22(27)30)20(28)13-5-7-14(24)8-6-13/h2-11,19,28H,1H3,(H,25,26)/b20-18+. The van der Waals surface area contributed by atoms with E-state index >= 15 is 0 Å². The van der Waals surface area contributed by atoms with Crippen molar-refractivity contribution >= 4 is 50.4 Å². The number of aliphatic hydroxyl groups is 1. The van der Waals surface area contributed by atoms with Crippen molar-refractivity contribution in [1.82, 2.24) is 9.97 Å². The quantitative estimate of drug-likeness (QED) is 0.249. The molecule has 0 saturated carbocycles. The summed E-state index contributed by atoms with van der Waals surface area (Å²) < 4.78 is 6.38. The maximum atomic E-state index is 13.1. The van der Waals surface area contributed by atoms with E-state index < -0.39 is 17.7 Å². The third-order valence-corrected chi connectivity index (χ3v) is 5.76. The molecule has 2 N–H and O–H groups in total. The second kappa shape index (κ2) is 7.24. The van der Waals surface area contributed by atoms with Gasteiger partial charge in [0.05, 0.1) is 22.9 Å². The molecule has 4 aromatic rings. The number of imidazole rings is 1. The molecular formula is C23H16BrN3O4. The highest BCUT2D eigenvalue weighted by atomic mass is 79.9. The molecule has 31 heavy (non-hydrogen) atoms. The largest absolute Gasteiger partial charge is 0.507 e. The van der Waals surface area contributed by atoms with Gasteiger partial charge in [0.1, 0.15) is 17.6 Å². The summed E-state index contributed by atoms with van der Waals surface area (Å²) in [7, 11) is 0. The third kappa shape index (κ3) is 3.16. The molecule has 1 aliphatic heterocycles. The molecule has 1 atom stereocenters. The second-order valence-electron chi connectivity index (χ2n) is 7.27. The van der Waals surface area contributed by atoms with Crippen LogP contribution in [-0.2, 0) is 9.59 Å². The number of nitrogens with one attached hydrogen (secondary N) is 1. The van der Waals surface area contributed by atoms with Crippen LogP contribution in [0.4, 0.5) is 5.95 Å². The maximum absolute atomic E-state index is 13.1. The summed E-state index contributed by atoms with van der Waals surface area (Å²) in [5, 5.41) is 11.0. The van der Waals surface area contributed by atoms with Crippen molar-refractivity contribution in [3.05, 3.63) is 87.8 Å². The van der Waals surface area contributed by atoms with Crippen LogP contribution in [0, 0.1) is 6.92 Å². The predicted octanol–water partition coefficient (Wildman–Crippen LogP) is 4.85. The molecule has 0 aliphatic carbocycles. The first kappa shape index (κ1) is 19.3. The number of rotatable bonds is 3. The molecule has 7 nitrogen and oxygen atoms in total. The summed E-state index contributed by atoms with van der Waals surface area (Å²) >= 11 is 3.35. The van der Waals surface area contributed by atoms with Gasteiger partial charge in [-0.3, -0.25) is 14.5 Å². The number of anilines is 1. The van der Waals surface area contributed by atoms with Crippen molar-refractivity contribution in [3.8, 4) is 0 Å². The predicted molar refractivity (Wildman–Crippen MR) is 118 cm³/mol. The highest BCUT2D eigenvalue weighted by molar-refractivity contribution is 9.10. The number of ketones is 1. The van der Waals surface area contributed by atoms with Gasteiger partial charge in [-0.15, -0.1) is 0 Å². The van der Waals surface area contributed by atoms with E-state index in [1.54, 1.807) is 36.4 Å². The molecule has 8 heteroatoms. The number of aryl methyl sites for hydroxylation is 1. The van der Waals surface area contributed by atoms with Gasteiger partial charge in [0, 0.05) is 10.0 Å². The minimum Gasteiger partial charge on any atom is -0.507 e. The van der Waals surface area contributed by atoms with E-state index in [9.17, 15) is 14.7 Å². The van der Waals surface area contributed by atoms with Crippen LogP contribution >= 0.6 is 15.9 Å². The number of amides is 1. The van der Waals surface area contributed by atoms with Gasteiger partial charge in [-0.2, -0.15) is 0 Å². The highest BCUT2D eigenvalue weighted by Crippen LogP contribution is 2.41. The van der Waals surface area contributed by atoms with E-state index in [0.717, 1.165) is 15.6 Å². The molecule has 3 heterocycles. The molecule has 0 bridgehead atoms. The molecule has 5 rings (SSSR count). The minimum absolute atomic E-state index is 0.0566. The van der Waals surface area contributed by atoms with E-state index in [-0.39, 0.29) is 17.3 Å². The number of carbonyl (C=O) groups excluding carboxylic acids is 2. The monoisotopic (exact) mass is 477 g/mol. The number of aliphatic hydroxyl groups excluding tert-OH is 1. The van der Waals surface area contributed by atoms with E-state index in [1.165, 1.54) is 11.2 Å². The Bertz CT molecular complexity index is 1350. The molecule has 1 aliphatic rings. The summed E-state index contributed by atoms with van der Waals surface area (Å²) in [4.78, 5) is 35.0. The van der Waals surface area contributed by atoms with Gasteiger partial charge in [-0.05, 0) is 48.9 Å². The van der Waals surface area contributed by atoms with Crippen LogP contribution in [0.2, 0.25) is 0 Å². The number of furan rings is 1. The Labute approximate surface area is 185 Å². The lowest BCUT2D eigenvalue weighted by Gasteiger charge is -2.20. The van der Waals surface area contributed by atoms with E-state index in [2.05, 4.69) is 25.9 Å². The SMILES string of the molecule is Cc1ccc2nc(N3C(=O)C(=O)/C(=C(/O)c4ccc(Br)cc4)C3c3ccco3)[nH]c2c1. The molecule has 0 spiro atoms. The summed E-state index contributed by atoms with van der Waals surface area (Å²) in [6.45, 7) is 1.95.